The molecule has 3 rings (SSSR count). The van der Waals surface area contributed by atoms with Gasteiger partial charge in [-0.2, -0.15) is 0 Å². The largest absolute Gasteiger partial charge is 0.351 e. The lowest BCUT2D eigenvalue weighted by molar-refractivity contribution is -0.126. The van der Waals surface area contributed by atoms with E-state index in [1.165, 1.54) is 4.88 Å². The van der Waals surface area contributed by atoms with Crippen molar-refractivity contribution in [2.24, 2.45) is 5.92 Å². The van der Waals surface area contributed by atoms with Crippen molar-refractivity contribution in [2.45, 2.75) is 25.9 Å². The van der Waals surface area contributed by atoms with Crippen LogP contribution in [0, 0.1) is 5.92 Å². The first-order valence-corrected chi connectivity index (χ1v) is 8.61. The van der Waals surface area contributed by atoms with Crippen LogP contribution in [-0.2, 0) is 17.9 Å². The summed E-state index contributed by atoms with van der Waals surface area (Å²) in [5.74, 6) is 0.275. The molecule has 2 aromatic rings. The molecule has 0 saturated carbocycles. The second-order valence-corrected chi connectivity index (χ2v) is 6.72. The lowest BCUT2D eigenvalue weighted by atomic mass is 9.97. The molecule has 1 N–H and O–H groups in total. The third kappa shape index (κ3) is 4.15. The van der Waals surface area contributed by atoms with Crippen molar-refractivity contribution in [3.8, 4) is 0 Å². The molecule has 1 aliphatic heterocycles. The molecule has 0 bridgehead atoms. The Labute approximate surface area is 135 Å². The van der Waals surface area contributed by atoms with E-state index >= 15 is 0 Å². The number of hydrogen-bond acceptors (Lipinski definition) is 4. The summed E-state index contributed by atoms with van der Waals surface area (Å²) in [7, 11) is 0. The van der Waals surface area contributed by atoms with Gasteiger partial charge in [0.25, 0.3) is 0 Å². The van der Waals surface area contributed by atoms with Crippen molar-refractivity contribution >= 4 is 17.2 Å². The fourth-order valence-electron chi connectivity index (χ4n) is 2.87. The molecule has 3 heterocycles. The quantitative estimate of drug-likeness (QED) is 0.922. The van der Waals surface area contributed by atoms with Gasteiger partial charge in [0.05, 0.1) is 18.2 Å². The summed E-state index contributed by atoms with van der Waals surface area (Å²) in [6.07, 6.45) is 3.88. The molecule has 0 radical (unpaired) electrons. The van der Waals surface area contributed by atoms with Gasteiger partial charge < -0.3 is 5.32 Å². The number of aromatic nitrogens is 1. The van der Waals surface area contributed by atoms with E-state index in [1.807, 2.05) is 35.8 Å². The summed E-state index contributed by atoms with van der Waals surface area (Å²) in [5, 5.41) is 5.11. The maximum Gasteiger partial charge on any atom is 0.224 e. The summed E-state index contributed by atoms with van der Waals surface area (Å²) in [6, 6.07) is 10.1. The number of nitrogens with zero attached hydrogens (tertiary/aromatic N) is 2. The van der Waals surface area contributed by atoms with Crippen LogP contribution in [0.2, 0.25) is 0 Å². The predicted molar refractivity (Wildman–Crippen MR) is 88.4 cm³/mol. The van der Waals surface area contributed by atoms with Gasteiger partial charge in [-0.15, -0.1) is 11.3 Å². The van der Waals surface area contributed by atoms with E-state index in [-0.39, 0.29) is 11.8 Å². The number of carbonyl (C=O) groups is 1. The molecule has 1 fully saturated rings. The second kappa shape index (κ2) is 7.51. The average molecular weight is 315 g/mol. The number of carbonyl (C=O) groups excluding carboxylic acids is 1. The molecule has 1 atom stereocenters. The van der Waals surface area contributed by atoms with Crippen molar-refractivity contribution in [3.63, 3.8) is 0 Å². The van der Waals surface area contributed by atoms with Crippen molar-refractivity contribution in [1.82, 2.24) is 15.2 Å². The molecule has 4 nitrogen and oxygen atoms in total. The highest BCUT2D eigenvalue weighted by Crippen LogP contribution is 2.18. The SMILES string of the molecule is O=C(NCc1cccs1)C1CCCN(Cc2ccccn2)C1. The van der Waals surface area contributed by atoms with Gasteiger partial charge in [-0.25, -0.2) is 0 Å². The molecule has 1 amide bonds. The lowest BCUT2D eigenvalue weighted by Crippen LogP contribution is -2.42. The number of piperidine rings is 1. The maximum atomic E-state index is 12.3. The number of likely N-dealkylation sites (tertiary alicyclic amines) is 1. The number of thiophene rings is 1. The summed E-state index contributed by atoms with van der Waals surface area (Å²) < 4.78 is 0. The van der Waals surface area contributed by atoms with Crippen LogP contribution >= 0.6 is 11.3 Å². The minimum Gasteiger partial charge on any atom is -0.351 e. The third-order valence-electron chi connectivity index (χ3n) is 4.01. The fraction of sp³-hybridized carbons (Fsp3) is 0.412. The van der Waals surface area contributed by atoms with Crippen molar-refractivity contribution in [2.75, 3.05) is 13.1 Å². The van der Waals surface area contributed by atoms with Gasteiger partial charge in [-0.1, -0.05) is 12.1 Å². The Bertz CT molecular complexity index is 585. The standard InChI is InChI=1S/C17H21N3OS/c21-17(19-11-16-7-4-10-22-16)14-5-3-9-20(12-14)13-15-6-1-2-8-18-15/h1-2,4,6-8,10,14H,3,5,9,11-13H2,(H,19,21). The van der Waals surface area contributed by atoms with Gasteiger partial charge in [0, 0.05) is 24.2 Å². The van der Waals surface area contributed by atoms with E-state index < -0.39 is 0 Å². The average Bonchev–Trinajstić information content (AvgIpc) is 3.07. The molecular weight excluding hydrogens is 294 g/mol. The van der Waals surface area contributed by atoms with E-state index in [9.17, 15) is 4.79 Å². The Hall–Kier alpha value is -1.72. The van der Waals surface area contributed by atoms with E-state index in [4.69, 9.17) is 0 Å². The van der Waals surface area contributed by atoms with Gasteiger partial charge in [0.1, 0.15) is 0 Å². The van der Waals surface area contributed by atoms with Crippen LogP contribution in [0.15, 0.2) is 41.9 Å². The van der Waals surface area contributed by atoms with Crippen molar-refractivity contribution in [1.29, 1.82) is 0 Å². The van der Waals surface area contributed by atoms with Crippen LogP contribution in [-0.4, -0.2) is 28.9 Å². The highest BCUT2D eigenvalue weighted by Gasteiger charge is 2.25. The summed E-state index contributed by atoms with van der Waals surface area (Å²) in [4.78, 5) is 20.3. The molecule has 0 aromatic carbocycles. The van der Waals surface area contributed by atoms with E-state index in [0.29, 0.717) is 6.54 Å². The second-order valence-electron chi connectivity index (χ2n) is 5.69. The first kappa shape index (κ1) is 15.2. The van der Waals surface area contributed by atoms with E-state index in [0.717, 1.165) is 38.2 Å². The lowest BCUT2D eigenvalue weighted by Gasteiger charge is -2.31. The molecule has 116 valence electrons. The molecular formula is C17H21N3OS. The molecule has 22 heavy (non-hydrogen) atoms. The minimum atomic E-state index is 0.0948. The summed E-state index contributed by atoms with van der Waals surface area (Å²) >= 11 is 1.68. The molecule has 1 unspecified atom stereocenters. The van der Waals surface area contributed by atoms with Crippen LogP contribution in [0.25, 0.3) is 0 Å². The first-order chi connectivity index (χ1) is 10.8. The number of hydrogen-bond donors (Lipinski definition) is 1. The zero-order chi connectivity index (χ0) is 15.2. The van der Waals surface area contributed by atoms with Gasteiger partial charge in [-0.3, -0.25) is 14.7 Å². The van der Waals surface area contributed by atoms with Gasteiger partial charge in [-0.05, 0) is 43.0 Å². The zero-order valence-corrected chi connectivity index (χ0v) is 13.4. The number of nitrogens with one attached hydrogen (secondary N) is 1. The summed E-state index contributed by atoms with van der Waals surface area (Å²) in [5.41, 5.74) is 1.07. The Kier molecular flexibility index (Phi) is 5.19. The van der Waals surface area contributed by atoms with Crippen molar-refractivity contribution in [3.05, 3.63) is 52.5 Å². The van der Waals surface area contributed by atoms with Crippen LogP contribution in [0.1, 0.15) is 23.4 Å². The smallest absolute Gasteiger partial charge is 0.224 e. The third-order valence-corrected chi connectivity index (χ3v) is 4.88. The van der Waals surface area contributed by atoms with Gasteiger partial charge in [0.2, 0.25) is 5.91 Å². The molecule has 0 aliphatic carbocycles. The van der Waals surface area contributed by atoms with E-state index in [1.54, 1.807) is 11.3 Å². The molecule has 0 spiro atoms. The Morgan fingerprint density at radius 2 is 2.32 bits per heavy atom. The van der Waals surface area contributed by atoms with Crippen LogP contribution < -0.4 is 5.32 Å². The highest BCUT2D eigenvalue weighted by molar-refractivity contribution is 7.09. The number of pyridine rings is 1. The zero-order valence-electron chi connectivity index (χ0n) is 12.6. The molecule has 2 aromatic heterocycles. The topological polar surface area (TPSA) is 45.2 Å². The Morgan fingerprint density at radius 3 is 3.09 bits per heavy atom. The molecule has 5 heteroatoms. The summed E-state index contributed by atoms with van der Waals surface area (Å²) in [6.45, 7) is 3.35. The van der Waals surface area contributed by atoms with Crippen LogP contribution in [0.5, 0.6) is 0 Å². The number of rotatable bonds is 5. The highest BCUT2D eigenvalue weighted by atomic mass is 32.1. The van der Waals surface area contributed by atoms with Crippen LogP contribution in [0.3, 0.4) is 0 Å². The minimum absolute atomic E-state index is 0.0948. The Balaban J connectivity index is 1.50. The maximum absolute atomic E-state index is 12.3. The predicted octanol–water partition coefficient (Wildman–Crippen LogP) is 2.67. The van der Waals surface area contributed by atoms with E-state index in [2.05, 4.69) is 21.3 Å². The van der Waals surface area contributed by atoms with Gasteiger partial charge >= 0.3 is 0 Å². The van der Waals surface area contributed by atoms with Crippen LogP contribution in [0.4, 0.5) is 0 Å². The normalized spacial score (nSPS) is 19.0. The molecule has 1 saturated heterocycles. The van der Waals surface area contributed by atoms with Gasteiger partial charge in [0.15, 0.2) is 0 Å². The molecule has 1 aliphatic rings. The van der Waals surface area contributed by atoms with Crippen molar-refractivity contribution < 1.29 is 4.79 Å². The monoisotopic (exact) mass is 315 g/mol. The fourth-order valence-corrected chi connectivity index (χ4v) is 3.51. The first-order valence-electron chi connectivity index (χ1n) is 7.73. The number of amides is 1. The Morgan fingerprint density at radius 1 is 1.36 bits per heavy atom.